The van der Waals surface area contributed by atoms with E-state index in [4.69, 9.17) is 0 Å². The lowest BCUT2D eigenvalue weighted by atomic mass is 10.1. The van der Waals surface area contributed by atoms with Crippen LogP contribution in [-0.4, -0.2) is 58.5 Å². The summed E-state index contributed by atoms with van der Waals surface area (Å²) in [5.41, 5.74) is 0.303. The van der Waals surface area contributed by atoms with E-state index in [1.54, 1.807) is 17.2 Å². The van der Waals surface area contributed by atoms with E-state index in [0.717, 1.165) is 12.1 Å². The van der Waals surface area contributed by atoms with Crippen LogP contribution in [0.25, 0.3) is 0 Å². The Kier molecular flexibility index (Phi) is 6.06. The van der Waals surface area contributed by atoms with Gasteiger partial charge in [0.25, 0.3) is 5.91 Å². The van der Waals surface area contributed by atoms with Crippen molar-refractivity contribution in [2.45, 2.75) is 6.36 Å². The van der Waals surface area contributed by atoms with Crippen LogP contribution in [0.4, 0.5) is 30.6 Å². The summed E-state index contributed by atoms with van der Waals surface area (Å²) >= 11 is 0. The normalized spacial score (nSPS) is 14.2. The monoisotopic (exact) mass is 444 g/mol. The first-order valence-electron chi connectivity index (χ1n) is 9.79. The summed E-state index contributed by atoms with van der Waals surface area (Å²) < 4.78 is 40.6. The second-order valence-electron chi connectivity index (χ2n) is 6.97. The highest BCUT2D eigenvalue weighted by Crippen LogP contribution is 2.23. The number of benzene rings is 1. The fourth-order valence-electron chi connectivity index (χ4n) is 3.25. The average molecular weight is 444 g/mol. The Morgan fingerprint density at radius 3 is 2.25 bits per heavy atom. The maximum atomic E-state index is 12.7. The van der Waals surface area contributed by atoms with Gasteiger partial charge in [-0.2, -0.15) is 0 Å². The minimum atomic E-state index is -4.77. The summed E-state index contributed by atoms with van der Waals surface area (Å²) in [7, 11) is 0. The first-order chi connectivity index (χ1) is 15.4. The molecule has 32 heavy (non-hydrogen) atoms. The van der Waals surface area contributed by atoms with Crippen LogP contribution in [0.3, 0.4) is 0 Å². The standard InChI is InChI=1S/C21H19F3N6O2/c22-21(23,24)32-16-6-4-15(5-7-16)20(31)30-13-11-29(12-14-30)19-9-8-18(27-28-19)26-17-3-1-2-10-25-17/h1-10H,11-14H2,(H,25,26,27). The number of hydrogen-bond donors (Lipinski definition) is 1. The molecule has 1 aliphatic heterocycles. The number of carbonyl (C=O) groups is 1. The van der Waals surface area contributed by atoms with Crippen LogP contribution >= 0.6 is 0 Å². The van der Waals surface area contributed by atoms with Gasteiger partial charge in [0, 0.05) is 37.9 Å². The van der Waals surface area contributed by atoms with E-state index in [1.165, 1.54) is 12.1 Å². The van der Waals surface area contributed by atoms with Crippen molar-refractivity contribution in [3.63, 3.8) is 0 Å². The summed E-state index contributed by atoms with van der Waals surface area (Å²) in [5.74, 6) is 1.32. The van der Waals surface area contributed by atoms with Crippen LogP contribution in [0.2, 0.25) is 0 Å². The molecule has 0 spiro atoms. The summed E-state index contributed by atoms with van der Waals surface area (Å²) in [6.45, 7) is 2.02. The van der Waals surface area contributed by atoms with Crippen LogP contribution in [0, 0.1) is 0 Å². The Balaban J connectivity index is 1.31. The molecular formula is C21H19F3N6O2. The van der Waals surface area contributed by atoms with Crippen LogP contribution < -0.4 is 15.0 Å². The lowest BCUT2D eigenvalue weighted by molar-refractivity contribution is -0.274. The molecule has 8 nitrogen and oxygen atoms in total. The molecule has 2 aromatic heterocycles. The number of piperazine rings is 1. The quantitative estimate of drug-likeness (QED) is 0.645. The van der Waals surface area contributed by atoms with Crippen LogP contribution in [-0.2, 0) is 0 Å². The number of nitrogens with one attached hydrogen (secondary N) is 1. The lowest BCUT2D eigenvalue weighted by Crippen LogP contribution is -2.49. The highest BCUT2D eigenvalue weighted by Gasteiger charge is 2.31. The maximum Gasteiger partial charge on any atom is 0.573 e. The molecule has 1 amide bonds. The summed E-state index contributed by atoms with van der Waals surface area (Å²) in [4.78, 5) is 20.5. The molecule has 166 valence electrons. The molecule has 1 saturated heterocycles. The number of amides is 1. The first-order valence-corrected chi connectivity index (χ1v) is 9.79. The number of ether oxygens (including phenoxy) is 1. The van der Waals surface area contributed by atoms with Crippen molar-refractivity contribution >= 4 is 23.4 Å². The first kappa shape index (κ1) is 21.3. The van der Waals surface area contributed by atoms with Gasteiger partial charge in [-0.1, -0.05) is 6.07 Å². The Hall–Kier alpha value is -3.89. The SMILES string of the molecule is O=C(c1ccc(OC(F)(F)F)cc1)N1CCN(c2ccc(Nc3ccccn3)nn2)CC1. The van der Waals surface area contributed by atoms with Crippen LogP contribution in [0.15, 0.2) is 60.8 Å². The van der Waals surface area contributed by atoms with E-state index < -0.39 is 6.36 Å². The predicted molar refractivity (Wildman–Crippen MR) is 111 cm³/mol. The fourth-order valence-corrected chi connectivity index (χ4v) is 3.25. The second kappa shape index (κ2) is 9.08. The fraction of sp³-hybridized carbons (Fsp3) is 0.238. The average Bonchev–Trinajstić information content (AvgIpc) is 2.79. The van der Waals surface area contributed by atoms with Crippen LogP contribution in [0.1, 0.15) is 10.4 Å². The van der Waals surface area contributed by atoms with Gasteiger partial charge >= 0.3 is 6.36 Å². The Bertz CT molecular complexity index is 1040. The topological polar surface area (TPSA) is 83.5 Å². The minimum absolute atomic E-state index is 0.246. The third kappa shape index (κ3) is 5.42. The Morgan fingerprint density at radius 2 is 1.66 bits per heavy atom. The molecule has 3 aromatic rings. The van der Waals surface area contributed by atoms with E-state index in [-0.39, 0.29) is 11.7 Å². The molecule has 1 fully saturated rings. The molecule has 4 rings (SSSR count). The number of halogens is 3. The van der Waals surface area contributed by atoms with Gasteiger partial charge in [0.05, 0.1) is 0 Å². The molecule has 0 bridgehead atoms. The number of anilines is 3. The van der Waals surface area contributed by atoms with Gasteiger partial charge in [-0.15, -0.1) is 23.4 Å². The molecule has 1 N–H and O–H groups in total. The van der Waals surface area contributed by atoms with Crippen molar-refractivity contribution in [3.05, 3.63) is 66.4 Å². The number of carbonyl (C=O) groups excluding carboxylic acids is 1. The van der Waals surface area contributed by atoms with Gasteiger partial charge in [0.2, 0.25) is 0 Å². The molecular weight excluding hydrogens is 425 g/mol. The minimum Gasteiger partial charge on any atom is -0.406 e. The van der Waals surface area contributed by atoms with E-state index in [0.29, 0.717) is 49.2 Å². The summed E-state index contributed by atoms with van der Waals surface area (Å²) in [6.07, 6.45) is -3.09. The van der Waals surface area contributed by atoms with Crippen molar-refractivity contribution in [1.29, 1.82) is 0 Å². The molecule has 0 saturated carbocycles. The number of pyridine rings is 1. The maximum absolute atomic E-state index is 12.7. The van der Waals surface area contributed by atoms with Crippen molar-refractivity contribution in [2.24, 2.45) is 0 Å². The van der Waals surface area contributed by atoms with Gasteiger partial charge in [-0.3, -0.25) is 4.79 Å². The summed E-state index contributed by atoms with van der Waals surface area (Å²) in [6, 6.07) is 14.1. The van der Waals surface area contributed by atoms with Crippen LogP contribution in [0.5, 0.6) is 5.75 Å². The van der Waals surface area contributed by atoms with Gasteiger partial charge in [-0.25, -0.2) is 4.98 Å². The smallest absolute Gasteiger partial charge is 0.406 e. The van der Waals surface area contributed by atoms with Crippen molar-refractivity contribution in [3.8, 4) is 5.75 Å². The zero-order valence-corrected chi connectivity index (χ0v) is 16.8. The number of aromatic nitrogens is 3. The van der Waals surface area contributed by atoms with Gasteiger partial charge in [0.1, 0.15) is 11.6 Å². The van der Waals surface area contributed by atoms with E-state index in [2.05, 4.69) is 25.2 Å². The third-order valence-corrected chi connectivity index (χ3v) is 4.80. The summed E-state index contributed by atoms with van der Waals surface area (Å²) in [5, 5.41) is 11.5. The van der Waals surface area contributed by atoms with Crippen molar-refractivity contribution < 1.29 is 22.7 Å². The molecule has 0 radical (unpaired) electrons. The lowest BCUT2D eigenvalue weighted by Gasteiger charge is -2.35. The highest BCUT2D eigenvalue weighted by molar-refractivity contribution is 5.94. The van der Waals surface area contributed by atoms with E-state index in [1.807, 2.05) is 29.2 Å². The van der Waals surface area contributed by atoms with E-state index in [9.17, 15) is 18.0 Å². The Labute approximate surface area is 181 Å². The highest BCUT2D eigenvalue weighted by atomic mass is 19.4. The van der Waals surface area contributed by atoms with Gasteiger partial charge < -0.3 is 19.9 Å². The number of hydrogen-bond acceptors (Lipinski definition) is 7. The largest absolute Gasteiger partial charge is 0.573 e. The molecule has 11 heteroatoms. The van der Waals surface area contributed by atoms with Gasteiger partial charge in [0.15, 0.2) is 11.6 Å². The van der Waals surface area contributed by atoms with Crippen molar-refractivity contribution in [2.75, 3.05) is 36.4 Å². The molecule has 3 heterocycles. The molecule has 1 aromatic carbocycles. The molecule has 0 atom stereocenters. The number of alkyl halides is 3. The molecule has 0 aliphatic carbocycles. The third-order valence-electron chi connectivity index (χ3n) is 4.80. The predicted octanol–water partition coefficient (Wildman–Crippen LogP) is 3.48. The molecule has 0 unspecified atom stereocenters. The second-order valence-corrected chi connectivity index (χ2v) is 6.97. The zero-order valence-electron chi connectivity index (χ0n) is 16.8. The Morgan fingerprint density at radius 1 is 0.906 bits per heavy atom. The van der Waals surface area contributed by atoms with Crippen molar-refractivity contribution in [1.82, 2.24) is 20.1 Å². The van der Waals surface area contributed by atoms with Gasteiger partial charge in [-0.05, 0) is 48.5 Å². The van der Waals surface area contributed by atoms with E-state index >= 15 is 0 Å². The number of rotatable bonds is 5. The molecule has 1 aliphatic rings. The zero-order chi connectivity index (χ0) is 22.6. The number of nitrogens with zero attached hydrogens (tertiary/aromatic N) is 5.